The van der Waals surface area contributed by atoms with E-state index in [-0.39, 0.29) is 11.7 Å². The number of fused-ring (bicyclic) bond motifs is 1. The second-order valence-electron chi connectivity index (χ2n) is 6.71. The first-order chi connectivity index (χ1) is 13.7. The van der Waals surface area contributed by atoms with Gasteiger partial charge in [0.2, 0.25) is 5.91 Å². The number of hydrogen-bond donors (Lipinski definition) is 1. The highest BCUT2D eigenvalue weighted by Gasteiger charge is 2.21. The molecule has 1 amide bonds. The van der Waals surface area contributed by atoms with E-state index < -0.39 is 0 Å². The average molecular weight is 393 g/mol. The zero-order valence-electron chi connectivity index (χ0n) is 15.3. The topological polar surface area (TPSA) is 45.2 Å². The molecule has 6 heteroatoms. The molecule has 1 N–H and O–H groups in total. The molecule has 0 atom stereocenters. The molecule has 1 aliphatic heterocycles. The summed E-state index contributed by atoms with van der Waals surface area (Å²) in [6.45, 7) is 2.71. The molecule has 0 radical (unpaired) electrons. The Bertz CT molecular complexity index is 1000. The maximum absolute atomic E-state index is 13.2. The highest BCUT2D eigenvalue weighted by Crippen LogP contribution is 2.29. The summed E-state index contributed by atoms with van der Waals surface area (Å²) in [5.74, 6) is -0.591. The Kier molecular flexibility index (Phi) is 5.60. The van der Waals surface area contributed by atoms with Gasteiger partial charge >= 0.3 is 0 Å². The van der Waals surface area contributed by atoms with Crippen LogP contribution in [0.15, 0.2) is 60.7 Å². The lowest BCUT2D eigenvalue weighted by molar-refractivity contribution is -0.111. The fraction of sp³-hybridized carbons (Fsp3) is 0.182. The van der Waals surface area contributed by atoms with Crippen molar-refractivity contribution in [2.24, 2.45) is 0 Å². The Balaban J connectivity index is 1.37. The van der Waals surface area contributed by atoms with E-state index in [0.29, 0.717) is 10.7 Å². The third kappa shape index (κ3) is 4.71. The van der Waals surface area contributed by atoms with Crippen LogP contribution in [0.1, 0.15) is 21.7 Å². The maximum atomic E-state index is 13.2. The van der Waals surface area contributed by atoms with Gasteiger partial charge in [0.15, 0.2) is 5.13 Å². The first-order valence-corrected chi connectivity index (χ1v) is 9.97. The van der Waals surface area contributed by atoms with Gasteiger partial charge in [-0.3, -0.25) is 15.0 Å². The van der Waals surface area contributed by atoms with Crippen LogP contribution in [0.2, 0.25) is 0 Å². The second-order valence-corrected chi connectivity index (χ2v) is 7.80. The highest BCUT2D eigenvalue weighted by molar-refractivity contribution is 7.15. The SMILES string of the molecule is O=C(/C=C/c1cccc(F)c1)Nc1nc2c(s1)CN(Cc1ccccc1)CC2. The quantitative estimate of drug-likeness (QED) is 0.650. The summed E-state index contributed by atoms with van der Waals surface area (Å²) in [6, 6.07) is 16.5. The number of amides is 1. The van der Waals surface area contributed by atoms with Gasteiger partial charge in [-0.25, -0.2) is 9.37 Å². The fourth-order valence-corrected chi connectivity index (χ4v) is 4.26. The molecule has 4 rings (SSSR count). The van der Waals surface area contributed by atoms with E-state index in [1.165, 1.54) is 40.0 Å². The van der Waals surface area contributed by atoms with Gasteiger partial charge in [-0.15, -0.1) is 11.3 Å². The summed E-state index contributed by atoms with van der Waals surface area (Å²) in [4.78, 5) is 20.3. The van der Waals surface area contributed by atoms with Crippen LogP contribution < -0.4 is 5.32 Å². The van der Waals surface area contributed by atoms with Gasteiger partial charge < -0.3 is 0 Å². The summed E-state index contributed by atoms with van der Waals surface area (Å²) in [6.07, 6.45) is 3.87. The molecule has 1 aromatic heterocycles. The molecular formula is C22H20FN3OS. The number of thiazole rings is 1. The van der Waals surface area contributed by atoms with E-state index in [1.54, 1.807) is 18.2 Å². The largest absolute Gasteiger partial charge is 0.298 e. The molecule has 4 nitrogen and oxygen atoms in total. The standard InChI is InChI=1S/C22H20FN3OS/c23-18-8-4-7-16(13-18)9-10-21(27)25-22-24-19-11-12-26(15-20(19)28-22)14-17-5-2-1-3-6-17/h1-10,13H,11-12,14-15H2,(H,24,25,27)/b10-9+. The van der Waals surface area contributed by atoms with E-state index in [0.717, 1.165) is 31.7 Å². The lowest BCUT2D eigenvalue weighted by Gasteiger charge is -2.25. The van der Waals surface area contributed by atoms with Crippen LogP contribution in [0, 0.1) is 5.82 Å². The lowest BCUT2D eigenvalue weighted by Crippen LogP contribution is -2.29. The molecule has 142 valence electrons. The third-order valence-electron chi connectivity index (χ3n) is 4.57. The first kappa shape index (κ1) is 18.5. The molecule has 0 saturated heterocycles. The minimum absolute atomic E-state index is 0.267. The van der Waals surface area contributed by atoms with Crippen LogP contribution in [0.3, 0.4) is 0 Å². The van der Waals surface area contributed by atoms with Crippen molar-refractivity contribution in [3.05, 3.63) is 88.2 Å². The van der Waals surface area contributed by atoms with Crippen LogP contribution in [0.5, 0.6) is 0 Å². The van der Waals surface area contributed by atoms with E-state index in [9.17, 15) is 9.18 Å². The lowest BCUT2D eigenvalue weighted by atomic mass is 10.1. The Morgan fingerprint density at radius 2 is 2.07 bits per heavy atom. The van der Waals surface area contributed by atoms with Crippen LogP contribution in [-0.4, -0.2) is 22.3 Å². The number of carbonyl (C=O) groups excluding carboxylic acids is 1. The molecular weight excluding hydrogens is 373 g/mol. The molecule has 2 aromatic carbocycles. The Hall–Kier alpha value is -2.83. The van der Waals surface area contributed by atoms with Gasteiger partial charge in [0, 0.05) is 37.0 Å². The van der Waals surface area contributed by atoms with Gasteiger partial charge in [0.05, 0.1) is 5.69 Å². The summed E-state index contributed by atoms with van der Waals surface area (Å²) in [7, 11) is 0. The molecule has 0 unspecified atom stereocenters. The van der Waals surface area contributed by atoms with Crippen molar-refractivity contribution in [3.8, 4) is 0 Å². The van der Waals surface area contributed by atoms with Gasteiger partial charge in [-0.2, -0.15) is 0 Å². The van der Waals surface area contributed by atoms with Crippen LogP contribution in [-0.2, 0) is 24.3 Å². The molecule has 1 aliphatic rings. The van der Waals surface area contributed by atoms with Crippen LogP contribution in [0.25, 0.3) is 6.08 Å². The Morgan fingerprint density at radius 3 is 2.89 bits per heavy atom. The van der Waals surface area contributed by atoms with Crippen molar-refractivity contribution in [2.75, 3.05) is 11.9 Å². The second kappa shape index (κ2) is 8.46. The molecule has 0 saturated carbocycles. The van der Waals surface area contributed by atoms with Crippen molar-refractivity contribution in [1.82, 2.24) is 9.88 Å². The van der Waals surface area contributed by atoms with Gasteiger partial charge in [-0.05, 0) is 29.3 Å². The average Bonchev–Trinajstić information content (AvgIpc) is 3.09. The number of aromatic nitrogens is 1. The molecule has 0 spiro atoms. The minimum atomic E-state index is -0.324. The predicted molar refractivity (Wildman–Crippen MR) is 110 cm³/mol. The number of rotatable bonds is 5. The smallest absolute Gasteiger partial charge is 0.250 e. The predicted octanol–water partition coefficient (Wildman–Crippen LogP) is 4.49. The number of anilines is 1. The zero-order chi connectivity index (χ0) is 19.3. The van der Waals surface area contributed by atoms with Crippen LogP contribution in [0.4, 0.5) is 9.52 Å². The zero-order valence-corrected chi connectivity index (χ0v) is 16.1. The molecule has 0 fully saturated rings. The maximum Gasteiger partial charge on any atom is 0.250 e. The first-order valence-electron chi connectivity index (χ1n) is 9.15. The molecule has 2 heterocycles. The molecule has 0 bridgehead atoms. The third-order valence-corrected chi connectivity index (χ3v) is 5.56. The van der Waals surface area contributed by atoms with E-state index >= 15 is 0 Å². The molecule has 28 heavy (non-hydrogen) atoms. The highest BCUT2D eigenvalue weighted by atomic mass is 32.1. The number of nitrogens with zero attached hydrogens (tertiary/aromatic N) is 2. The minimum Gasteiger partial charge on any atom is -0.298 e. The van der Waals surface area contributed by atoms with E-state index in [1.807, 2.05) is 6.07 Å². The van der Waals surface area contributed by atoms with Gasteiger partial charge in [0.25, 0.3) is 0 Å². The van der Waals surface area contributed by atoms with E-state index in [2.05, 4.69) is 39.5 Å². The van der Waals surface area contributed by atoms with Gasteiger partial charge in [0.1, 0.15) is 5.82 Å². The number of hydrogen-bond acceptors (Lipinski definition) is 4. The Morgan fingerprint density at radius 1 is 1.21 bits per heavy atom. The van der Waals surface area contributed by atoms with Crippen molar-refractivity contribution in [2.45, 2.75) is 19.5 Å². The van der Waals surface area contributed by atoms with Crippen molar-refractivity contribution in [1.29, 1.82) is 0 Å². The van der Waals surface area contributed by atoms with E-state index in [4.69, 9.17) is 0 Å². The molecule has 0 aliphatic carbocycles. The summed E-state index contributed by atoms with van der Waals surface area (Å²) in [5, 5.41) is 3.43. The van der Waals surface area contributed by atoms with Crippen LogP contribution >= 0.6 is 11.3 Å². The fourth-order valence-electron chi connectivity index (χ4n) is 3.21. The molecule has 3 aromatic rings. The normalized spacial score (nSPS) is 14.2. The number of halogens is 1. The van der Waals surface area contributed by atoms with Crippen molar-refractivity contribution >= 4 is 28.5 Å². The van der Waals surface area contributed by atoms with Crippen molar-refractivity contribution < 1.29 is 9.18 Å². The summed E-state index contributed by atoms with van der Waals surface area (Å²) >= 11 is 1.52. The summed E-state index contributed by atoms with van der Waals surface area (Å²) in [5.41, 5.74) is 3.01. The summed E-state index contributed by atoms with van der Waals surface area (Å²) < 4.78 is 13.2. The number of carbonyl (C=O) groups is 1. The number of nitrogens with one attached hydrogen (secondary N) is 1. The van der Waals surface area contributed by atoms with Gasteiger partial charge in [-0.1, -0.05) is 42.5 Å². The monoisotopic (exact) mass is 393 g/mol. The Labute approximate surface area is 167 Å². The number of benzene rings is 2. The van der Waals surface area contributed by atoms with Crippen molar-refractivity contribution in [3.63, 3.8) is 0 Å².